The van der Waals surface area contributed by atoms with E-state index >= 15 is 0 Å². The topological polar surface area (TPSA) is 27.1 Å². The van der Waals surface area contributed by atoms with Crippen molar-refractivity contribution >= 4 is 11.0 Å². The lowest BCUT2D eigenvalue weighted by molar-refractivity contribution is 0.188. The van der Waals surface area contributed by atoms with Crippen molar-refractivity contribution < 1.29 is 4.74 Å². The van der Waals surface area contributed by atoms with Crippen LogP contribution >= 0.6 is 0 Å². The number of aryl methyl sites for hydroxylation is 1. The van der Waals surface area contributed by atoms with E-state index in [1.165, 1.54) is 16.8 Å². The van der Waals surface area contributed by atoms with Crippen LogP contribution in [0.25, 0.3) is 11.0 Å². The second-order valence-corrected chi connectivity index (χ2v) is 3.73. The maximum atomic E-state index is 5.12. The van der Waals surface area contributed by atoms with Crippen LogP contribution in [0, 0.1) is 13.8 Å². The number of rotatable bonds is 3. The quantitative estimate of drug-likeness (QED) is 0.767. The van der Waals surface area contributed by atoms with E-state index in [4.69, 9.17) is 4.74 Å². The minimum absolute atomic E-state index is 0.735. The van der Waals surface area contributed by atoms with Gasteiger partial charge in [-0.1, -0.05) is 0 Å². The van der Waals surface area contributed by atoms with Crippen LogP contribution in [-0.4, -0.2) is 23.3 Å². The Morgan fingerprint density at radius 1 is 1.40 bits per heavy atom. The predicted octanol–water partition coefficient (Wildman–Crippen LogP) is 2.30. The van der Waals surface area contributed by atoms with E-state index in [0.717, 1.165) is 18.7 Å². The van der Waals surface area contributed by atoms with E-state index < -0.39 is 0 Å². The second kappa shape index (κ2) is 4.03. The van der Waals surface area contributed by atoms with Gasteiger partial charge in [-0.3, -0.25) is 4.98 Å². The second-order valence-electron chi connectivity index (χ2n) is 3.73. The van der Waals surface area contributed by atoms with Gasteiger partial charge in [0.05, 0.1) is 17.6 Å². The van der Waals surface area contributed by atoms with Crippen LogP contribution in [-0.2, 0) is 11.3 Å². The fourth-order valence-electron chi connectivity index (χ4n) is 1.93. The van der Waals surface area contributed by atoms with E-state index in [1.807, 2.05) is 12.3 Å². The molecule has 0 aliphatic heterocycles. The number of hydrogen-bond donors (Lipinski definition) is 0. The number of hydrogen-bond acceptors (Lipinski definition) is 2. The number of aromatic nitrogens is 2. The maximum Gasteiger partial charge on any atom is 0.0912 e. The van der Waals surface area contributed by atoms with Gasteiger partial charge in [-0.05, 0) is 31.5 Å². The van der Waals surface area contributed by atoms with Crippen LogP contribution in [0.2, 0.25) is 0 Å². The highest BCUT2D eigenvalue weighted by atomic mass is 16.5. The molecule has 0 bridgehead atoms. The Labute approximate surface area is 89.7 Å². The molecule has 2 aromatic rings. The molecule has 80 valence electrons. The minimum atomic E-state index is 0.735. The molecule has 2 rings (SSSR count). The number of ether oxygens (including phenoxy) is 1. The Hall–Kier alpha value is -1.35. The monoisotopic (exact) mass is 204 g/mol. The summed E-state index contributed by atoms with van der Waals surface area (Å²) in [5.41, 5.74) is 4.85. The van der Waals surface area contributed by atoms with Crippen molar-refractivity contribution in [1.82, 2.24) is 9.55 Å². The molecule has 0 radical (unpaired) electrons. The SMILES string of the molecule is COCCn1c(C)c(C)c2ncccc21. The Morgan fingerprint density at radius 3 is 2.93 bits per heavy atom. The summed E-state index contributed by atoms with van der Waals surface area (Å²) in [6.45, 7) is 5.87. The fourth-order valence-corrected chi connectivity index (χ4v) is 1.93. The summed E-state index contributed by atoms with van der Waals surface area (Å²) in [5, 5.41) is 0. The zero-order valence-corrected chi connectivity index (χ0v) is 9.45. The van der Waals surface area contributed by atoms with Crippen LogP contribution in [0.5, 0.6) is 0 Å². The predicted molar refractivity (Wildman–Crippen MR) is 61.1 cm³/mol. The molecule has 2 heterocycles. The highest BCUT2D eigenvalue weighted by Crippen LogP contribution is 2.22. The molecule has 0 saturated carbocycles. The highest BCUT2D eigenvalue weighted by molar-refractivity contribution is 5.80. The molecular formula is C12H16N2O. The first-order valence-electron chi connectivity index (χ1n) is 5.15. The Kier molecular flexibility index (Phi) is 2.73. The molecule has 0 amide bonds. The lowest BCUT2D eigenvalue weighted by atomic mass is 10.2. The van der Waals surface area contributed by atoms with Gasteiger partial charge in [0.15, 0.2) is 0 Å². The van der Waals surface area contributed by atoms with E-state index in [0.29, 0.717) is 0 Å². The number of fused-ring (bicyclic) bond motifs is 1. The number of methoxy groups -OCH3 is 1. The number of pyridine rings is 1. The van der Waals surface area contributed by atoms with Gasteiger partial charge >= 0.3 is 0 Å². The van der Waals surface area contributed by atoms with Gasteiger partial charge < -0.3 is 9.30 Å². The van der Waals surface area contributed by atoms with E-state index in [-0.39, 0.29) is 0 Å². The summed E-state index contributed by atoms with van der Waals surface area (Å²) in [6, 6.07) is 4.09. The molecular weight excluding hydrogens is 188 g/mol. The van der Waals surface area contributed by atoms with Gasteiger partial charge in [-0.25, -0.2) is 0 Å². The summed E-state index contributed by atoms with van der Waals surface area (Å²) >= 11 is 0. The summed E-state index contributed by atoms with van der Waals surface area (Å²) in [7, 11) is 1.73. The Bertz CT molecular complexity index is 474. The lowest BCUT2D eigenvalue weighted by Crippen LogP contribution is -2.05. The van der Waals surface area contributed by atoms with Crippen LogP contribution in [0.15, 0.2) is 18.3 Å². The van der Waals surface area contributed by atoms with Crippen LogP contribution in [0.4, 0.5) is 0 Å². The molecule has 0 unspecified atom stereocenters. The van der Waals surface area contributed by atoms with Crippen molar-refractivity contribution in [1.29, 1.82) is 0 Å². The van der Waals surface area contributed by atoms with Gasteiger partial charge in [-0.15, -0.1) is 0 Å². The van der Waals surface area contributed by atoms with Crippen LogP contribution in [0.3, 0.4) is 0 Å². The fraction of sp³-hybridized carbons (Fsp3) is 0.417. The maximum absolute atomic E-state index is 5.12. The van der Waals surface area contributed by atoms with Crippen molar-refractivity contribution in [2.75, 3.05) is 13.7 Å². The molecule has 0 aliphatic carbocycles. The van der Waals surface area contributed by atoms with E-state index in [9.17, 15) is 0 Å². The van der Waals surface area contributed by atoms with Crippen LogP contribution < -0.4 is 0 Å². The largest absolute Gasteiger partial charge is 0.383 e. The molecule has 0 aromatic carbocycles. The molecule has 0 spiro atoms. The van der Waals surface area contributed by atoms with Gasteiger partial charge in [0.2, 0.25) is 0 Å². The minimum Gasteiger partial charge on any atom is -0.383 e. The van der Waals surface area contributed by atoms with Gasteiger partial charge in [0.1, 0.15) is 0 Å². The lowest BCUT2D eigenvalue weighted by Gasteiger charge is -2.06. The first-order chi connectivity index (χ1) is 7.25. The molecule has 0 N–H and O–H groups in total. The molecule has 0 aliphatic rings. The molecule has 0 atom stereocenters. The zero-order valence-electron chi connectivity index (χ0n) is 9.45. The van der Waals surface area contributed by atoms with Gasteiger partial charge in [0, 0.05) is 25.5 Å². The zero-order chi connectivity index (χ0) is 10.8. The summed E-state index contributed by atoms with van der Waals surface area (Å²) in [6.07, 6.45) is 1.84. The van der Waals surface area contributed by atoms with Gasteiger partial charge in [-0.2, -0.15) is 0 Å². The molecule has 0 saturated heterocycles. The smallest absolute Gasteiger partial charge is 0.0912 e. The molecule has 3 heteroatoms. The third kappa shape index (κ3) is 1.63. The van der Waals surface area contributed by atoms with Crippen molar-refractivity contribution in [2.24, 2.45) is 0 Å². The average Bonchev–Trinajstić information content (AvgIpc) is 2.51. The van der Waals surface area contributed by atoms with E-state index in [2.05, 4.69) is 29.5 Å². The van der Waals surface area contributed by atoms with Gasteiger partial charge in [0.25, 0.3) is 0 Å². The Balaban J connectivity index is 2.56. The van der Waals surface area contributed by atoms with Crippen molar-refractivity contribution in [2.45, 2.75) is 20.4 Å². The summed E-state index contributed by atoms with van der Waals surface area (Å²) in [4.78, 5) is 4.41. The van der Waals surface area contributed by atoms with E-state index in [1.54, 1.807) is 7.11 Å². The van der Waals surface area contributed by atoms with Crippen molar-refractivity contribution in [3.63, 3.8) is 0 Å². The Morgan fingerprint density at radius 2 is 2.20 bits per heavy atom. The standard InChI is InChI=1S/C12H16N2O/c1-9-10(2)14(7-8-15-3)11-5-4-6-13-12(9)11/h4-6H,7-8H2,1-3H3. The van der Waals surface area contributed by atoms with Crippen molar-refractivity contribution in [3.8, 4) is 0 Å². The normalized spacial score (nSPS) is 11.1. The highest BCUT2D eigenvalue weighted by Gasteiger charge is 2.10. The van der Waals surface area contributed by atoms with Crippen molar-refractivity contribution in [3.05, 3.63) is 29.6 Å². The first kappa shape index (κ1) is 10.2. The third-order valence-electron chi connectivity index (χ3n) is 2.90. The van der Waals surface area contributed by atoms with Crippen LogP contribution in [0.1, 0.15) is 11.3 Å². The molecule has 2 aromatic heterocycles. The first-order valence-corrected chi connectivity index (χ1v) is 5.15. The third-order valence-corrected chi connectivity index (χ3v) is 2.90. The molecule has 15 heavy (non-hydrogen) atoms. The molecule has 0 fully saturated rings. The molecule has 3 nitrogen and oxygen atoms in total. The summed E-state index contributed by atoms with van der Waals surface area (Å²) in [5.74, 6) is 0. The summed E-state index contributed by atoms with van der Waals surface area (Å²) < 4.78 is 7.38. The average molecular weight is 204 g/mol. The number of nitrogens with zero attached hydrogens (tertiary/aromatic N) is 2.